The Hall–Kier alpha value is -3.46. The zero-order valence-corrected chi connectivity index (χ0v) is 19.2. The Morgan fingerprint density at radius 1 is 1.09 bits per heavy atom. The quantitative estimate of drug-likeness (QED) is 0.715. The molecule has 174 valence electrons. The molecule has 33 heavy (non-hydrogen) atoms. The third-order valence-electron chi connectivity index (χ3n) is 5.80. The Labute approximate surface area is 196 Å². The maximum atomic E-state index is 13.5. The molecule has 2 heterocycles. The van der Waals surface area contributed by atoms with Crippen LogP contribution < -0.4 is 29.3 Å². The van der Waals surface area contributed by atoms with E-state index in [2.05, 4.69) is 5.32 Å². The first-order valence-electron chi connectivity index (χ1n) is 10.4. The fraction of sp³-hybridized carbons (Fsp3) is 0.348. The molecule has 0 spiro atoms. The van der Waals surface area contributed by atoms with Crippen molar-refractivity contribution in [3.8, 4) is 17.2 Å². The number of carbonyl (C=O) groups is 3. The molecule has 1 N–H and O–H groups in total. The molecule has 0 saturated carbocycles. The molecule has 4 rings (SSSR count). The highest BCUT2D eigenvalue weighted by Crippen LogP contribution is 2.41. The lowest BCUT2D eigenvalue weighted by molar-refractivity contribution is -0.128. The third-order valence-corrected chi connectivity index (χ3v) is 6.09. The molecule has 2 atom stereocenters. The van der Waals surface area contributed by atoms with E-state index in [1.807, 2.05) is 0 Å². The number of nitrogens with zero attached hydrogens (tertiary/aromatic N) is 2. The van der Waals surface area contributed by atoms with E-state index in [0.717, 1.165) is 0 Å². The highest BCUT2D eigenvalue weighted by Gasteiger charge is 2.42. The van der Waals surface area contributed by atoms with Crippen molar-refractivity contribution in [1.82, 2.24) is 5.32 Å². The molecule has 2 aromatic carbocycles. The van der Waals surface area contributed by atoms with Gasteiger partial charge < -0.3 is 29.3 Å². The first-order chi connectivity index (χ1) is 15.9. The van der Waals surface area contributed by atoms with E-state index in [0.29, 0.717) is 33.6 Å². The lowest BCUT2D eigenvalue weighted by Gasteiger charge is -2.35. The molecule has 0 aromatic heterocycles. The van der Waals surface area contributed by atoms with Gasteiger partial charge in [0.2, 0.25) is 11.8 Å². The summed E-state index contributed by atoms with van der Waals surface area (Å²) < 4.78 is 16.4. The highest BCUT2D eigenvalue weighted by atomic mass is 35.5. The maximum absolute atomic E-state index is 13.5. The molecular formula is C23H24ClN3O6. The fourth-order valence-electron chi connectivity index (χ4n) is 4.12. The van der Waals surface area contributed by atoms with Crippen LogP contribution in [0.5, 0.6) is 17.2 Å². The number of halogens is 1. The van der Waals surface area contributed by atoms with Crippen LogP contribution in [-0.2, 0) is 14.4 Å². The summed E-state index contributed by atoms with van der Waals surface area (Å²) in [5, 5.41) is 2.88. The van der Waals surface area contributed by atoms with Gasteiger partial charge in [-0.2, -0.15) is 0 Å². The summed E-state index contributed by atoms with van der Waals surface area (Å²) in [6, 6.07) is 10.2. The second-order valence-electron chi connectivity index (χ2n) is 7.70. The number of fused-ring (bicyclic) bond motifs is 1. The average Bonchev–Trinajstić information content (AvgIpc) is 3.23. The largest absolute Gasteiger partial charge is 0.495 e. The minimum Gasteiger partial charge on any atom is -0.495 e. The van der Waals surface area contributed by atoms with Crippen molar-refractivity contribution in [2.45, 2.75) is 12.5 Å². The predicted octanol–water partition coefficient (Wildman–Crippen LogP) is 2.25. The van der Waals surface area contributed by atoms with E-state index in [1.54, 1.807) is 36.4 Å². The Morgan fingerprint density at radius 2 is 1.82 bits per heavy atom. The van der Waals surface area contributed by atoms with Crippen LogP contribution in [0.15, 0.2) is 36.4 Å². The van der Waals surface area contributed by atoms with Gasteiger partial charge in [0, 0.05) is 26.1 Å². The molecule has 1 saturated heterocycles. The summed E-state index contributed by atoms with van der Waals surface area (Å²) in [6.07, 6.45) is -0.821. The minimum absolute atomic E-state index is 0.0236. The van der Waals surface area contributed by atoms with Crippen LogP contribution in [0, 0.1) is 5.92 Å². The molecule has 2 aromatic rings. The molecule has 0 aliphatic carbocycles. The van der Waals surface area contributed by atoms with Crippen LogP contribution in [0.2, 0.25) is 5.02 Å². The number of hydrogen-bond donors (Lipinski definition) is 1. The lowest BCUT2D eigenvalue weighted by Crippen LogP contribution is -2.51. The predicted molar refractivity (Wildman–Crippen MR) is 122 cm³/mol. The Kier molecular flexibility index (Phi) is 6.33. The zero-order valence-electron chi connectivity index (χ0n) is 18.5. The summed E-state index contributed by atoms with van der Waals surface area (Å²) in [5.41, 5.74) is 1.04. The second kappa shape index (κ2) is 9.19. The van der Waals surface area contributed by atoms with Crippen molar-refractivity contribution in [3.05, 3.63) is 41.4 Å². The number of anilines is 2. The Balaban J connectivity index is 1.61. The van der Waals surface area contributed by atoms with Crippen LogP contribution in [0.25, 0.3) is 0 Å². The van der Waals surface area contributed by atoms with E-state index >= 15 is 0 Å². The van der Waals surface area contributed by atoms with Gasteiger partial charge in [0.25, 0.3) is 5.91 Å². The van der Waals surface area contributed by atoms with Gasteiger partial charge >= 0.3 is 0 Å². The van der Waals surface area contributed by atoms with E-state index in [9.17, 15) is 14.4 Å². The lowest BCUT2D eigenvalue weighted by atomic mass is 10.0. The van der Waals surface area contributed by atoms with Crippen LogP contribution in [0.4, 0.5) is 11.4 Å². The van der Waals surface area contributed by atoms with E-state index < -0.39 is 12.0 Å². The summed E-state index contributed by atoms with van der Waals surface area (Å²) in [7, 11) is 4.49. The molecule has 0 bridgehead atoms. The molecule has 1 fully saturated rings. The number of rotatable bonds is 5. The number of carbonyl (C=O) groups excluding carboxylic acids is 3. The number of benzene rings is 2. The number of hydrogen-bond acceptors (Lipinski definition) is 6. The van der Waals surface area contributed by atoms with Crippen molar-refractivity contribution < 1.29 is 28.6 Å². The fourth-order valence-corrected chi connectivity index (χ4v) is 4.36. The van der Waals surface area contributed by atoms with Gasteiger partial charge in [-0.3, -0.25) is 14.4 Å². The summed E-state index contributed by atoms with van der Waals surface area (Å²) in [6.45, 7) is 0.207. The molecular weight excluding hydrogens is 450 g/mol. The first-order valence-corrected chi connectivity index (χ1v) is 10.8. The molecule has 2 aliphatic rings. The number of para-hydroxylation sites is 2. The zero-order chi connectivity index (χ0) is 23.7. The van der Waals surface area contributed by atoms with Gasteiger partial charge in [0.05, 0.1) is 43.1 Å². The van der Waals surface area contributed by atoms with Gasteiger partial charge in [-0.25, -0.2) is 0 Å². The summed E-state index contributed by atoms with van der Waals surface area (Å²) in [5.74, 6) is -0.152. The first kappa shape index (κ1) is 22.7. The van der Waals surface area contributed by atoms with E-state index in [1.165, 1.54) is 31.1 Å². The molecule has 3 amide bonds. The van der Waals surface area contributed by atoms with Gasteiger partial charge in [-0.05, 0) is 18.2 Å². The topological polar surface area (TPSA) is 97.4 Å². The molecule has 0 radical (unpaired) electrons. The standard InChI is InChI=1S/C23H24ClN3O6/c1-25-22(29)20-12-27(15-6-4-5-7-17(15)33-20)23(30)13-8-21(28)26(11-13)16-9-14(24)18(31-2)10-19(16)32-3/h4-7,9-10,13,20H,8,11-12H2,1-3H3,(H,25,29). The summed E-state index contributed by atoms with van der Waals surface area (Å²) in [4.78, 5) is 41.7. The van der Waals surface area contributed by atoms with Crippen LogP contribution in [0.3, 0.4) is 0 Å². The Bertz CT molecular complexity index is 1110. The number of likely N-dealkylation sites (N-methyl/N-ethyl adjacent to an activating group) is 1. The van der Waals surface area contributed by atoms with Crippen molar-refractivity contribution in [1.29, 1.82) is 0 Å². The van der Waals surface area contributed by atoms with Crippen LogP contribution in [-0.4, -0.2) is 58.2 Å². The maximum Gasteiger partial charge on any atom is 0.262 e. The number of nitrogens with one attached hydrogen (secondary N) is 1. The monoisotopic (exact) mass is 473 g/mol. The van der Waals surface area contributed by atoms with Gasteiger partial charge in [0.1, 0.15) is 17.2 Å². The van der Waals surface area contributed by atoms with Gasteiger partial charge in [-0.1, -0.05) is 23.7 Å². The minimum atomic E-state index is -0.845. The van der Waals surface area contributed by atoms with Crippen LogP contribution >= 0.6 is 11.6 Å². The number of ether oxygens (including phenoxy) is 3. The second-order valence-corrected chi connectivity index (χ2v) is 8.11. The van der Waals surface area contributed by atoms with Crippen molar-refractivity contribution in [2.24, 2.45) is 5.92 Å². The number of amides is 3. The van der Waals surface area contributed by atoms with Crippen molar-refractivity contribution >= 4 is 40.7 Å². The molecule has 2 aliphatic heterocycles. The van der Waals surface area contributed by atoms with Crippen molar-refractivity contribution in [3.63, 3.8) is 0 Å². The van der Waals surface area contributed by atoms with Gasteiger partial charge in [0.15, 0.2) is 6.10 Å². The van der Waals surface area contributed by atoms with Crippen LogP contribution in [0.1, 0.15) is 6.42 Å². The summed E-state index contributed by atoms with van der Waals surface area (Å²) >= 11 is 6.28. The third kappa shape index (κ3) is 4.16. The number of methoxy groups -OCH3 is 2. The molecule has 10 heteroatoms. The van der Waals surface area contributed by atoms with Gasteiger partial charge in [-0.15, -0.1) is 0 Å². The highest BCUT2D eigenvalue weighted by molar-refractivity contribution is 6.32. The Morgan fingerprint density at radius 3 is 2.52 bits per heavy atom. The smallest absolute Gasteiger partial charge is 0.262 e. The average molecular weight is 474 g/mol. The molecule has 9 nitrogen and oxygen atoms in total. The van der Waals surface area contributed by atoms with E-state index in [-0.39, 0.29) is 37.2 Å². The van der Waals surface area contributed by atoms with Crippen molar-refractivity contribution in [2.75, 3.05) is 44.2 Å². The van der Waals surface area contributed by atoms with E-state index in [4.69, 9.17) is 25.8 Å². The normalized spacial score (nSPS) is 19.6. The SMILES string of the molecule is CNC(=O)C1CN(C(=O)C2CC(=O)N(c3cc(Cl)c(OC)cc3OC)C2)c2ccccc2O1. The molecule has 2 unspecified atom stereocenters.